The fourth-order valence-corrected chi connectivity index (χ4v) is 2.66. The summed E-state index contributed by atoms with van der Waals surface area (Å²) >= 11 is 6.19. The van der Waals surface area contributed by atoms with Crippen molar-refractivity contribution >= 4 is 29.1 Å². The first kappa shape index (κ1) is 17.8. The quantitative estimate of drug-likeness (QED) is 0.566. The van der Waals surface area contributed by atoms with Crippen molar-refractivity contribution in [2.75, 3.05) is 24.3 Å². The highest BCUT2D eigenvalue weighted by molar-refractivity contribution is 6.32. The molecule has 0 saturated carbocycles. The highest BCUT2D eigenvalue weighted by Crippen LogP contribution is 2.29. The topological polar surface area (TPSA) is 59.1 Å². The van der Waals surface area contributed by atoms with E-state index in [9.17, 15) is 0 Å². The van der Waals surface area contributed by atoms with Gasteiger partial charge in [-0.2, -0.15) is 4.98 Å². The Morgan fingerprint density at radius 3 is 2.62 bits per heavy atom. The molecule has 26 heavy (non-hydrogen) atoms. The summed E-state index contributed by atoms with van der Waals surface area (Å²) in [5.74, 6) is 1.80. The molecule has 3 rings (SSSR count). The van der Waals surface area contributed by atoms with Gasteiger partial charge in [-0.15, -0.1) is 6.58 Å². The van der Waals surface area contributed by atoms with Gasteiger partial charge in [-0.25, -0.2) is 4.98 Å². The second-order valence-electron chi connectivity index (χ2n) is 5.47. The number of aromatic nitrogens is 2. The van der Waals surface area contributed by atoms with E-state index in [0.717, 1.165) is 16.9 Å². The van der Waals surface area contributed by atoms with Crippen molar-refractivity contribution in [2.45, 2.75) is 0 Å². The lowest BCUT2D eigenvalue weighted by Gasteiger charge is -2.12. The molecule has 5 nitrogen and oxygen atoms in total. The number of anilines is 3. The van der Waals surface area contributed by atoms with Crippen molar-refractivity contribution in [1.29, 1.82) is 0 Å². The lowest BCUT2D eigenvalue weighted by molar-refractivity contribution is 0.415. The molecule has 0 aliphatic rings. The molecule has 0 unspecified atom stereocenters. The van der Waals surface area contributed by atoms with E-state index in [1.54, 1.807) is 25.3 Å². The monoisotopic (exact) mass is 366 g/mol. The van der Waals surface area contributed by atoms with Crippen LogP contribution in [0.2, 0.25) is 5.02 Å². The van der Waals surface area contributed by atoms with Gasteiger partial charge in [0, 0.05) is 23.9 Å². The molecule has 0 saturated heterocycles. The molecule has 0 spiro atoms. The van der Waals surface area contributed by atoms with Crippen molar-refractivity contribution < 1.29 is 4.74 Å². The lowest BCUT2D eigenvalue weighted by atomic mass is 10.1. The molecule has 3 aromatic rings. The number of halogens is 1. The molecule has 1 aromatic heterocycles. The van der Waals surface area contributed by atoms with Crippen LogP contribution < -0.4 is 15.4 Å². The number of nitrogens with zero attached hydrogens (tertiary/aromatic N) is 2. The van der Waals surface area contributed by atoms with Crippen molar-refractivity contribution in [1.82, 2.24) is 9.97 Å². The van der Waals surface area contributed by atoms with Crippen LogP contribution in [0.5, 0.6) is 5.75 Å². The van der Waals surface area contributed by atoms with E-state index in [1.165, 1.54) is 0 Å². The molecule has 2 aromatic carbocycles. The van der Waals surface area contributed by atoms with Gasteiger partial charge in [-0.3, -0.25) is 0 Å². The molecule has 132 valence electrons. The second kappa shape index (κ2) is 8.36. The van der Waals surface area contributed by atoms with Crippen LogP contribution >= 0.6 is 11.6 Å². The van der Waals surface area contributed by atoms with Gasteiger partial charge in [-0.1, -0.05) is 48.0 Å². The average Bonchev–Trinajstić information content (AvgIpc) is 2.67. The van der Waals surface area contributed by atoms with Crippen molar-refractivity contribution in [3.63, 3.8) is 0 Å². The summed E-state index contributed by atoms with van der Waals surface area (Å²) in [6.45, 7) is 4.33. The average molecular weight is 367 g/mol. The van der Waals surface area contributed by atoms with Crippen molar-refractivity contribution in [2.24, 2.45) is 0 Å². The van der Waals surface area contributed by atoms with Gasteiger partial charge in [0.05, 0.1) is 17.8 Å². The molecule has 2 N–H and O–H groups in total. The molecule has 6 heteroatoms. The molecule has 0 atom stereocenters. The van der Waals surface area contributed by atoms with E-state index >= 15 is 0 Å². The Bertz CT molecular complexity index is 900. The number of methoxy groups -OCH3 is 1. The van der Waals surface area contributed by atoms with Crippen LogP contribution in [0.15, 0.2) is 67.3 Å². The first-order valence-corrected chi connectivity index (χ1v) is 8.47. The predicted molar refractivity (Wildman–Crippen MR) is 107 cm³/mol. The molecule has 0 radical (unpaired) electrons. The maximum atomic E-state index is 6.19. The van der Waals surface area contributed by atoms with Crippen molar-refractivity contribution in [3.05, 3.63) is 72.3 Å². The maximum absolute atomic E-state index is 6.19. The van der Waals surface area contributed by atoms with Gasteiger partial charge in [0.2, 0.25) is 5.95 Å². The molecule has 1 heterocycles. The molecule has 0 amide bonds. The minimum atomic E-state index is 0.471. The Hall–Kier alpha value is -3.05. The highest BCUT2D eigenvalue weighted by Gasteiger charge is 2.08. The third kappa shape index (κ3) is 4.32. The lowest BCUT2D eigenvalue weighted by Crippen LogP contribution is -2.05. The fraction of sp³-hybridized carbons (Fsp3) is 0.100. The standard InChI is InChI=1S/C20H19ClN4O/c1-3-11-22-19-13-17(14-7-5-4-6-8-14)24-20(25-19)23-15-9-10-18(26-2)16(21)12-15/h3-10,12-13H,1,11H2,2H3,(H2,22,23,24,25). The number of hydrogen-bond acceptors (Lipinski definition) is 5. The fourth-order valence-electron chi connectivity index (χ4n) is 2.40. The number of hydrogen-bond donors (Lipinski definition) is 2. The SMILES string of the molecule is C=CCNc1cc(-c2ccccc2)nc(Nc2ccc(OC)c(Cl)c2)n1. The Kier molecular flexibility index (Phi) is 5.71. The number of ether oxygens (including phenoxy) is 1. The Morgan fingerprint density at radius 2 is 1.92 bits per heavy atom. The third-order valence-corrected chi connectivity index (χ3v) is 3.93. The normalized spacial score (nSPS) is 10.2. The number of rotatable bonds is 7. The Balaban J connectivity index is 1.94. The van der Waals surface area contributed by atoms with Crippen LogP contribution in [0, 0.1) is 0 Å². The van der Waals surface area contributed by atoms with Crippen LogP contribution in [-0.4, -0.2) is 23.6 Å². The summed E-state index contributed by atoms with van der Waals surface area (Å²) in [6, 6.07) is 17.3. The minimum Gasteiger partial charge on any atom is -0.495 e. The van der Waals surface area contributed by atoms with E-state index in [-0.39, 0.29) is 0 Å². The highest BCUT2D eigenvalue weighted by atomic mass is 35.5. The van der Waals surface area contributed by atoms with Crippen LogP contribution in [0.3, 0.4) is 0 Å². The molecule has 0 aliphatic heterocycles. The smallest absolute Gasteiger partial charge is 0.229 e. The molecular weight excluding hydrogens is 348 g/mol. The zero-order valence-electron chi connectivity index (χ0n) is 14.4. The van der Waals surface area contributed by atoms with Gasteiger partial charge in [0.15, 0.2) is 0 Å². The van der Waals surface area contributed by atoms with Gasteiger partial charge in [0.25, 0.3) is 0 Å². The van der Waals surface area contributed by atoms with E-state index in [1.807, 2.05) is 42.5 Å². The van der Waals surface area contributed by atoms with E-state index in [2.05, 4.69) is 27.2 Å². The summed E-state index contributed by atoms with van der Waals surface area (Å²) < 4.78 is 5.18. The van der Waals surface area contributed by atoms with E-state index < -0.39 is 0 Å². The summed E-state index contributed by atoms with van der Waals surface area (Å²) in [5, 5.41) is 6.92. The minimum absolute atomic E-state index is 0.471. The largest absolute Gasteiger partial charge is 0.495 e. The van der Waals surface area contributed by atoms with Crippen LogP contribution in [0.25, 0.3) is 11.3 Å². The predicted octanol–water partition coefficient (Wildman–Crippen LogP) is 5.15. The van der Waals surface area contributed by atoms with Crippen LogP contribution in [-0.2, 0) is 0 Å². The van der Waals surface area contributed by atoms with E-state index in [4.69, 9.17) is 16.3 Å². The maximum Gasteiger partial charge on any atom is 0.229 e. The molecular formula is C20H19ClN4O. The van der Waals surface area contributed by atoms with Gasteiger partial charge in [0.1, 0.15) is 11.6 Å². The first-order valence-electron chi connectivity index (χ1n) is 8.09. The summed E-state index contributed by atoms with van der Waals surface area (Å²) in [6.07, 6.45) is 1.78. The number of nitrogens with one attached hydrogen (secondary N) is 2. The zero-order valence-corrected chi connectivity index (χ0v) is 15.1. The molecule has 0 aliphatic carbocycles. The first-order chi connectivity index (χ1) is 12.7. The van der Waals surface area contributed by atoms with Crippen LogP contribution in [0.4, 0.5) is 17.5 Å². The van der Waals surface area contributed by atoms with Gasteiger partial charge >= 0.3 is 0 Å². The van der Waals surface area contributed by atoms with Crippen LogP contribution in [0.1, 0.15) is 0 Å². The summed E-state index contributed by atoms with van der Waals surface area (Å²) in [4.78, 5) is 9.13. The van der Waals surface area contributed by atoms with Gasteiger partial charge in [-0.05, 0) is 18.2 Å². The summed E-state index contributed by atoms with van der Waals surface area (Å²) in [7, 11) is 1.58. The molecule has 0 bridgehead atoms. The van der Waals surface area contributed by atoms with Gasteiger partial charge < -0.3 is 15.4 Å². The molecule has 0 fully saturated rings. The zero-order chi connectivity index (χ0) is 18.4. The second-order valence-corrected chi connectivity index (χ2v) is 5.88. The third-order valence-electron chi connectivity index (χ3n) is 3.63. The Labute approximate surface area is 157 Å². The Morgan fingerprint density at radius 1 is 1.12 bits per heavy atom. The number of benzene rings is 2. The van der Waals surface area contributed by atoms with Crippen molar-refractivity contribution in [3.8, 4) is 17.0 Å². The van der Waals surface area contributed by atoms with E-state index in [0.29, 0.717) is 29.1 Å². The summed E-state index contributed by atoms with van der Waals surface area (Å²) in [5.41, 5.74) is 2.59.